The molecule has 0 fully saturated rings. The maximum absolute atomic E-state index is 13.5. The molecule has 5 nitrogen and oxygen atoms in total. The molecule has 0 spiro atoms. The van der Waals surface area contributed by atoms with Gasteiger partial charge in [-0.2, -0.15) is 0 Å². The van der Waals surface area contributed by atoms with E-state index in [1.807, 2.05) is 24.4 Å². The van der Waals surface area contributed by atoms with E-state index in [-0.39, 0.29) is 17.8 Å². The molecule has 4 aromatic rings. The first-order valence-electron chi connectivity index (χ1n) is 9.70. The molecule has 0 radical (unpaired) electrons. The number of rotatable bonds is 6. The largest absolute Gasteiger partial charge is 0.345 e. The third-order valence-corrected chi connectivity index (χ3v) is 5.45. The van der Waals surface area contributed by atoms with Crippen LogP contribution >= 0.6 is 15.9 Å². The Morgan fingerprint density at radius 3 is 2.63 bits per heavy atom. The summed E-state index contributed by atoms with van der Waals surface area (Å²) in [7, 11) is 0. The lowest BCUT2D eigenvalue weighted by Crippen LogP contribution is -2.29. The number of aromatic nitrogens is 3. The van der Waals surface area contributed by atoms with Crippen molar-refractivity contribution in [2.45, 2.75) is 25.8 Å². The number of halogens is 2. The van der Waals surface area contributed by atoms with Gasteiger partial charge >= 0.3 is 0 Å². The van der Waals surface area contributed by atoms with Crippen LogP contribution in [0.15, 0.2) is 71.9 Å². The molecule has 0 saturated heterocycles. The molecule has 3 aromatic heterocycles. The molecule has 1 amide bonds. The Balaban J connectivity index is 1.76. The highest BCUT2D eigenvalue weighted by atomic mass is 79.9. The standard InChI is InChI=1S/C23H20BrFN4O/c1-2-3-19(16-6-9-20(24)27-14-16)28-23(30)21-18(15-4-7-17(25)8-5-15)10-12-29-13-11-26-22(21)29/h4-14,19H,2-3H2,1H3,(H,28,30)/t19-/m0/s1. The first-order valence-corrected chi connectivity index (χ1v) is 10.5. The fourth-order valence-corrected chi connectivity index (χ4v) is 3.75. The summed E-state index contributed by atoms with van der Waals surface area (Å²) in [6, 6.07) is 11.6. The molecule has 7 heteroatoms. The predicted octanol–water partition coefficient (Wildman–Crippen LogP) is 5.57. The van der Waals surface area contributed by atoms with Gasteiger partial charge in [0.25, 0.3) is 5.91 Å². The third kappa shape index (κ3) is 4.11. The zero-order valence-electron chi connectivity index (χ0n) is 16.3. The fourth-order valence-electron chi connectivity index (χ4n) is 3.51. The van der Waals surface area contributed by atoms with Gasteiger partial charge in [-0.15, -0.1) is 0 Å². The number of hydrogen-bond acceptors (Lipinski definition) is 3. The maximum Gasteiger partial charge on any atom is 0.256 e. The van der Waals surface area contributed by atoms with Crippen LogP contribution in [0.25, 0.3) is 16.8 Å². The molecular formula is C23H20BrFN4O. The van der Waals surface area contributed by atoms with E-state index < -0.39 is 0 Å². The van der Waals surface area contributed by atoms with E-state index >= 15 is 0 Å². The summed E-state index contributed by atoms with van der Waals surface area (Å²) in [6.07, 6.45) is 8.74. The lowest BCUT2D eigenvalue weighted by Gasteiger charge is -2.20. The summed E-state index contributed by atoms with van der Waals surface area (Å²) in [4.78, 5) is 22.2. The Labute approximate surface area is 182 Å². The van der Waals surface area contributed by atoms with Crippen LogP contribution in [0.3, 0.4) is 0 Å². The van der Waals surface area contributed by atoms with Gasteiger partial charge in [0.15, 0.2) is 0 Å². The van der Waals surface area contributed by atoms with Gasteiger partial charge in [0.2, 0.25) is 0 Å². The minimum atomic E-state index is -0.322. The van der Waals surface area contributed by atoms with Crippen LogP contribution in [0.5, 0.6) is 0 Å². The molecule has 1 atom stereocenters. The number of imidazole rings is 1. The SMILES string of the molecule is CCC[C@H](NC(=O)c1c(-c2ccc(F)cc2)ccn2ccnc12)c1ccc(Br)nc1. The maximum atomic E-state index is 13.5. The van der Waals surface area contributed by atoms with Gasteiger partial charge in [0.05, 0.1) is 11.6 Å². The highest BCUT2D eigenvalue weighted by Crippen LogP contribution is 2.28. The van der Waals surface area contributed by atoms with Gasteiger partial charge in [0.1, 0.15) is 16.1 Å². The fraction of sp³-hybridized carbons (Fsp3) is 0.174. The molecule has 1 aromatic carbocycles. The average molecular weight is 467 g/mol. The van der Waals surface area contributed by atoms with E-state index in [4.69, 9.17) is 0 Å². The Morgan fingerprint density at radius 1 is 1.13 bits per heavy atom. The molecule has 0 saturated carbocycles. The normalized spacial score (nSPS) is 12.1. The molecule has 0 aliphatic rings. The lowest BCUT2D eigenvalue weighted by molar-refractivity contribution is 0.0936. The van der Waals surface area contributed by atoms with Crippen LogP contribution in [-0.4, -0.2) is 20.3 Å². The quantitative estimate of drug-likeness (QED) is 0.378. The van der Waals surface area contributed by atoms with Crippen LogP contribution < -0.4 is 5.32 Å². The molecule has 0 aliphatic carbocycles. The van der Waals surface area contributed by atoms with E-state index in [9.17, 15) is 9.18 Å². The van der Waals surface area contributed by atoms with Crippen molar-refractivity contribution in [3.63, 3.8) is 0 Å². The summed E-state index contributed by atoms with van der Waals surface area (Å²) < 4.78 is 16.0. The first-order chi connectivity index (χ1) is 14.6. The Bertz CT molecular complexity index is 1170. The minimum absolute atomic E-state index is 0.181. The van der Waals surface area contributed by atoms with Gasteiger partial charge in [-0.1, -0.05) is 31.5 Å². The van der Waals surface area contributed by atoms with Crippen LogP contribution in [0.2, 0.25) is 0 Å². The van der Waals surface area contributed by atoms with E-state index in [0.29, 0.717) is 16.8 Å². The molecule has 3 heterocycles. The zero-order valence-corrected chi connectivity index (χ0v) is 17.9. The number of hydrogen-bond donors (Lipinski definition) is 1. The topological polar surface area (TPSA) is 59.3 Å². The molecular weight excluding hydrogens is 447 g/mol. The van der Waals surface area contributed by atoms with E-state index in [2.05, 4.69) is 38.1 Å². The number of pyridine rings is 2. The molecule has 0 aliphatic heterocycles. The van der Waals surface area contributed by atoms with Crippen LogP contribution in [-0.2, 0) is 0 Å². The molecule has 0 bridgehead atoms. The summed E-state index contributed by atoms with van der Waals surface area (Å²) in [5.74, 6) is -0.551. The number of carbonyl (C=O) groups is 1. The number of nitrogens with one attached hydrogen (secondary N) is 1. The van der Waals surface area contributed by atoms with E-state index in [1.165, 1.54) is 12.1 Å². The number of amides is 1. The van der Waals surface area contributed by atoms with Crippen molar-refractivity contribution in [2.75, 3.05) is 0 Å². The lowest BCUT2D eigenvalue weighted by atomic mass is 9.99. The van der Waals surface area contributed by atoms with Crippen LogP contribution in [0.1, 0.15) is 41.7 Å². The number of carbonyl (C=O) groups excluding carboxylic acids is 1. The average Bonchev–Trinajstić information content (AvgIpc) is 3.22. The first kappa shape index (κ1) is 20.2. The van der Waals surface area contributed by atoms with Crippen molar-refractivity contribution in [3.05, 3.63) is 88.8 Å². The Morgan fingerprint density at radius 2 is 1.93 bits per heavy atom. The number of benzene rings is 1. The summed E-state index contributed by atoms with van der Waals surface area (Å²) >= 11 is 3.35. The monoisotopic (exact) mass is 466 g/mol. The van der Waals surface area contributed by atoms with Crippen molar-refractivity contribution in [3.8, 4) is 11.1 Å². The minimum Gasteiger partial charge on any atom is -0.345 e. The van der Waals surface area contributed by atoms with Crippen LogP contribution in [0.4, 0.5) is 4.39 Å². The highest BCUT2D eigenvalue weighted by molar-refractivity contribution is 9.10. The summed E-state index contributed by atoms with van der Waals surface area (Å²) in [6.45, 7) is 2.07. The van der Waals surface area contributed by atoms with E-state index in [0.717, 1.165) is 28.6 Å². The Hall–Kier alpha value is -3.06. The van der Waals surface area contributed by atoms with Crippen molar-refractivity contribution in [1.82, 2.24) is 19.7 Å². The second kappa shape index (κ2) is 8.75. The smallest absolute Gasteiger partial charge is 0.256 e. The van der Waals surface area contributed by atoms with Gasteiger partial charge in [-0.05, 0) is 63.3 Å². The van der Waals surface area contributed by atoms with Crippen molar-refractivity contribution >= 4 is 27.5 Å². The van der Waals surface area contributed by atoms with E-state index in [1.54, 1.807) is 35.1 Å². The Kier molecular flexibility index (Phi) is 5.90. The third-order valence-electron chi connectivity index (χ3n) is 4.98. The predicted molar refractivity (Wildman–Crippen MR) is 118 cm³/mol. The molecule has 152 valence electrons. The van der Waals surface area contributed by atoms with Crippen LogP contribution in [0, 0.1) is 5.82 Å². The van der Waals surface area contributed by atoms with Crippen molar-refractivity contribution in [2.24, 2.45) is 0 Å². The summed E-state index contributed by atoms with van der Waals surface area (Å²) in [5.41, 5.74) is 3.41. The molecule has 30 heavy (non-hydrogen) atoms. The number of nitrogens with zero attached hydrogens (tertiary/aromatic N) is 3. The molecule has 0 unspecified atom stereocenters. The summed E-state index contributed by atoms with van der Waals surface area (Å²) in [5, 5.41) is 3.15. The second-order valence-corrected chi connectivity index (χ2v) is 7.81. The second-order valence-electron chi connectivity index (χ2n) is 7.00. The van der Waals surface area contributed by atoms with Gasteiger partial charge < -0.3 is 9.72 Å². The van der Waals surface area contributed by atoms with Gasteiger partial charge in [0, 0.05) is 24.8 Å². The molecule has 4 rings (SSSR count). The van der Waals surface area contributed by atoms with Gasteiger partial charge in [-0.3, -0.25) is 4.79 Å². The zero-order chi connectivity index (χ0) is 21.1. The van der Waals surface area contributed by atoms with Crippen molar-refractivity contribution < 1.29 is 9.18 Å². The van der Waals surface area contributed by atoms with Gasteiger partial charge in [-0.25, -0.2) is 14.4 Å². The number of fused-ring (bicyclic) bond motifs is 1. The van der Waals surface area contributed by atoms with Crippen molar-refractivity contribution in [1.29, 1.82) is 0 Å². The molecule has 1 N–H and O–H groups in total. The highest BCUT2D eigenvalue weighted by Gasteiger charge is 2.22.